The number of imidazole rings is 1. The minimum atomic E-state index is -4.54. The van der Waals surface area contributed by atoms with Crippen molar-refractivity contribution in [2.75, 3.05) is 6.54 Å². The van der Waals surface area contributed by atoms with E-state index < -0.39 is 12.0 Å². The van der Waals surface area contributed by atoms with Gasteiger partial charge in [-0.25, -0.2) is 4.98 Å². The minimum absolute atomic E-state index is 0.286. The Bertz CT molecular complexity index is 806. The monoisotopic (exact) mass is 331 g/mol. The van der Waals surface area contributed by atoms with Gasteiger partial charge in [-0.1, -0.05) is 42.5 Å². The molecule has 1 aromatic heterocycles. The minimum Gasteiger partial charge on any atom is -0.330 e. The molecule has 124 valence electrons. The molecular formula is C18H16F3N3. The molecule has 0 amide bonds. The maximum atomic E-state index is 13.4. The third-order valence-electron chi connectivity index (χ3n) is 3.68. The summed E-state index contributed by atoms with van der Waals surface area (Å²) in [6.45, 7) is 0.496. The Morgan fingerprint density at radius 2 is 1.62 bits per heavy atom. The molecule has 0 unspecified atom stereocenters. The molecule has 0 bridgehead atoms. The van der Waals surface area contributed by atoms with Crippen LogP contribution in [0.4, 0.5) is 13.2 Å². The molecule has 3 nitrogen and oxygen atoms in total. The normalized spacial score (nSPS) is 11.7. The summed E-state index contributed by atoms with van der Waals surface area (Å²) in [6.07, 6.45) is -2.44. The largest absolute Gasteiger partial charge is 0.450 e. The molecule has 0 saturated heterocycles. The lowest BCUT2D eigenvalue weighted by molar-refractivity contribution is -0.145. The van der Waals surface area contributed by atoms with Crippen molar-refractivity contribution in [1.82, 2.24) is 9.55 Å². The lowest BCUT2D eigenvalue weighted by atomic mass is 10.1. The van der Waals surface area contributed by atoms with E-state index in [0.29, 0.717) is 24.2 Å². The second-order valence-corrected chi connectivity index (χ2v) is 5.39. The highest BCUT2D eigenvalue weighted by Crippen LogP contribution is 2.33. The van der Waals surface area contributed by atoms with Crippen molar-refractivity contribution < 1.29 is 13.2 Å². The number of benzene rings is 2. The average molecular weight is 331 g/mol. The van der Waals surface area contributed by atoms with Crippen LogP contribution in [-0.4, -0.2) is 16.1 Å². The third kappa shape index (κ3) is 3.33. The van der Waals surface area contributed by atoms with E-state index in [1.807, 2.05) is 0 Å². The Morgan fingerprint density at radius 1 is 0.958 bits per heavy atom. The Morgan fingerprint density at radius 3 is 2.21 bits per heavy atom. The van der Waals surface area contributed by atoms with Gasteiger partial charge in [0.05, 0.1) is 5.69 Å². The number of aromatic nitrogens is 2. The maximum absolute atomic E-state index is 13.4. The van der Waals surface area contributed by atoms with Gasteiger partial charge in [0.25, 0.3) is 0 Å². The lowest BCUT2D eigenvalue weighted by Gasteiger charge is -2.10. The van der Waals surface area contributed by atoms with E-state index in [-0.39, 0.29) is 5.69 Å². The first-order valence-electron chi connectivity index (χ1n) is 7.50. The fourth-order valence-electron chi connectivity index (χ4n) is 2.51. The highest BCUT2D eigenvalue weighted by atomic mass is 19.4. The van der Waals surface area contributed by atoms with Gasteiger partial charge in [0.1, 0.15) is 0 Å². The van der Waals surface area contributed by atoms with Crippen molar-refractivity contribution in [3.63, 3.8) is 0 Å². The molecule has 3 rings (SSSR count). The Hall–Kier alpha value is -2.60. The molecule has 0 aliphatic carbocycles. The first-order valence-corrected chi connectivity index (χ1v) is 7.50. The summed E-state index contributed by atoms with van der Waals surface area (Å²) < 4.78 is 41.2. The van der Waals surface area contributed by atoms with Crippen LogP contribution in [0, 0.1) is 0 Å². The van der Waals surface area contributed by atoms with Gasteiger partial charge < -0.3 is 5.73 Å². The van der Waals surface area contributed by atoms with Crippen molar-refractivity contribution in [3.05, 3.63) is 72.2 Å². The molecule has 0 saturated carbocycles. The highest BCUT2D eigenvalue weighted by Gasteiger charge is 2.37. The average Bonchev–Trinajstić information content (AvgIpc) is 3.02. The number of alkyl halides is 3. The number of nitrogens with zero attached hydrogens (tertiary/aromatic N) is 2. The molecule has 2 aromatic carbocycles. The van der Waals surface area contributed by atoms with Crippen LogP contribution >= 0.6 is 0 Å². The number of nitrogens with two attached hydrogens (primary N) is 1. The van der Waals surface area contributed by atoms with Gasteiger partial charge >= 0.3 is 6.18 Å². The molecule has 0 spiro atoms. The number of hydrogen-bond donors (Lipinski definition) is 1. The third-order valence-corrected chi connectivity index (χ3v) is 3.68. The van der Waals surface area contributed by atoms with Crippen molar-refractivity contribution in [2.24, 2.45) is 5.73 Å². The van der Waals surface area contributed by atoms with Gasteiger partial charge in [-0.15, -0.1) is 0 Å². The fourth-order valence-corrected chi connectivity index (χ4v) is 2.51. The van der Waals surface area contributed by atoms with E-state index in [0.717, 1.165) is 10.1 Å². The smallest absolute Gasteiger partial charge is 0.330 e. The predicted molar refractivity (Wildman–Crippen MR) is 86.8 cm³/mol. The van der Waals surface area contributed by atoms with Crippen molar-refractivity contribution in [3.8, 4) is 16.9 Å². The number of rotatable bonds is 4. The summed E-state index contributed by atoms with van der Waals surface area (Å²) >= 11 is 0. The molecule has 24 heavy (non-hydrogen) atoms. The van der Waals surface area contributed by atoms with E-state index in [1.54, 1.807) is 54.6 Å². The van der Waals surface area contributed by atoms with Crippen LogP contribution in [0.15, 0.2) is 60.8 Å². The van der Waals surface area contributed by atoms with Crippen LogP contribution in [0.3, 0.4) is 0 Å². The zero-order chi connectivity index (χ0) is 17.2. The zero-order valence-electron chi connectivity index (χ0n) is 12.8. The van der Waals surface area contributed by atoms with Crippen LogP contribution < -0.4 is 5.73 Å². The highest BCUT2D eigenvalue weighted by molar-refractivity contribution is 5.59. The number of hydrogen-bond acceptors (Lipinski definition) is 2. The fraction of sp³-hybridized carbons (Fsp3) is 0.167. The zero-order valence-corrected chi connectivity index (χ0v) is 12.8. The van der Waals surface area contributed by atoms with Gasteiger partial charge in [0.2, 0.25) is 5.82 Å². The molecule has 0 atom stereocenters. The summed E-state index contributed by atoms with van der Waals surface area (Å²) in [5.41, 5.74) is 7.82. The van der Waals surface area contributed by atoms with Crippen molar-refractivity contribution >= 4 is 0 Å². The molecule has 6 heteroatoms. The van der Waals surface area contributed by atoms with E-state index in [9.17, 15) is 13.2 Å². The topological polar surface area (TPSA) is 43.8 Å². The van der Waals surface area contributed by atoms with E-state index in [2.05, 4.69) is 4.98 Å². The van der Waals surface area contributed by atoms with E-state index in [4.69, 9.17) is 5.73 Å². The number of halogens is 3. The van der Waals surface area contributed by atoms with Gasteiger partial charge in [-0.05, 0) is 30.7 Å². The van der Waals surface area contributed by atoms with Crippen LogP contribution in [0.5, 0.6) is 0 Å². The molecule has 3 aromatic rings. The quantitative estimate of drug-likeness (QED) is 0.783. The van der Waals surface area contributed by atoms with E-state index in [1.165, 1.54) is 6.20 Å². The summed E-state index contributed by atoms with van der Waals surface area (Å²) in [5.74, 6) is -0.937. The standard InChI is InChI=1S/C18H16F3N3/c19-18(20,21)17-23-16(14-4-2-1-3-5-14)12-24(17)15-8-6-13(7-9-15)10-11-22/h1-9,12H,10-11,22H2. The van der Waals surface area contributed by atoms with Gasteiger partial charge in [0.15, 0.2) is 0 Å². The Kier molecular flexibility index (Phi) is 4.40. The summed E-state index contributed by atoms with van der Waals surface area (Å²) in [6, 6.07) is 15.7. The van der Waals surface area contributed by atoms with Gasteiger partial charge in [-0.3, -0.25) is 4.57 Å². The van der Waals surface area contributed by atoms with Gasteiger partial charge in [0, 0.05) is 17.4 Å². The van der Waals surface area contributed by atoms with Gasteiger partial charge in [-0.2, -0.15) is 13.2 Å². The molecule has 0 aliphatic rings. The van der Waals surface area contributed by atoms with E-state index >= 15 is 0 Å². The first kappa shape index (κ1) is 16.3. The molecular weight excluding hydrogens is 315 g/mol. The maximum Gasteiger partial charge on any atom is 0.450 e. The second kappa shape index (κ2) is 6.49. The lowest BCUT2D eigenvalue weighted by Crippen LogP contribution is -2.13. The predicted octanol–water partition coefficient (Wildman–Crippen LogP) is 4.06. The van der Waals surface area contributed by atoms with Crippen LogP contribution in [0.1, 0.15) is 11.4 Å². The van der Waals surface area contributed by atoms with Crippen molar-refractivity contribution in [1.29, 1.82) is 0 Å². The summed E-state index contributed by atoms with van der Waals surface area (Å²) in [7, 11) is 0. The molecule has 0 radical (unpaired) electrons. The van der Waals surface area contributed by atoms with Crippen molar-refractivity contribution in [2.45, 2.75) is 12.6 Å². The molecule has 1 heterocycles. The molecule has 0 aliphatic heterocycles. The van der Waals surface area contributed by atoms with Crippen LogP contribution in [-0.2, 0) is 12.6 Å². The first-order chi connectivity index (χ1) is 11.5. The summed E-state index contributed by atoms with van der Waals surface area (Å²) in [5, 5.41) is 0. The Labute approximate surface area is 137 Å². The SMILES string of the molecule is NCCc1ccc(-n2cc(-c3ccccc3)nc2C(F)(F)F)cc1. The van der Waals surface area contributed by atoms with Crippen LogP contribution in [0.25, 0.3) is 16.9 Å². The molecule has 0 fully saturated rings. The van der Waals surface area contributed by atoms with Crippen LogP contribution in [0.2, 0.25) is 0 Å². The summed E-state index contributed by atoms with van der Waals surface area (Å²) in [4.78, 5) is 3.80. The molecule has 2 N–H and O–H groups in total. The second-order valence-electron chi connectivity index (χ2n) is 5.39. The Balaban J connectivity index is 2.07.